The average Bonchev–Trinajstić information content (AvgIpc) is 1.99. The lowest BCUT2D eigenvalue weighted by molar-refractivity contribution is 0.572. The molecule has 0 unspecified atom stereocenters. The topological polar surface area (TPSA) is 0 Å². The summed E-state index contributed by atoms with van der Waals surface area (Å²) < 4.78 is 0. The zero-order valence-electron chi connectivity index (χ0n) is 11.2. The maximum atomic E-state index is 2.35. The van der Waals surface area contributed by atoms with Gasteiger partial charge in [0.1, 0.15) is 0 Å². The van der Waals surface area contributed by atoms with Crippen molar-refractivity contribution in [2.75, 3.05) is 0 Å². The third-order valence-electron chi connectivity index (χ3n) is 2.88. The van der Waals surface area contributed by atoms with E-state index in [1.54, 1.807) is 0 Å². The molecule has 0 spiro atoms. The highest BCUT2D eigenvalue weighted by atomic mass is 14.3. The molecule has 0 bridgehead atoms. The lowest BCUT2D eigenvalue weighted by atomic mass is 9.77. The molecule has 1 aromatic rings. The molecule has 1 rings (SSSR count). The number of hydrogen-bond acceptors (Lipinski definition) is 0. The maximum absolute atomic E-state index is 2.35. The Morgan fingerprint density at radius 1 is 0.941 bits per heavy atom. The second-order valence-electron chi connectivity index (χ2n) is 5.95. The Kier molecular flexibility index (Phi) is 6.81. The molecule has 1 aromatic carbocycles. The van der Waals surface area contributed by atoms with Gasteiger partial charge in [0.25, 0.3) is 0 Å². The minimum atomic E-state index is 0. The lowest BCUT2D eigenvalue weighted by Gasteiger charge is -2.27. The minimum absolute atomic E-state index is 0. The quantitative estimate of drug-likeness (QED) is 0.561. The van der Waals surface area contributed by atoms with Crippen LogP contribution in [-0.2, 0) is 5.41 Å². The third-order valence-corrected chi connectivity index (χ3v) is 2.88. The van der Waals surface area contributed by atoms with Crippen molar-refractivity contribution in [3.05, 3.63) is 34.4 Å². The molecule has 0 saturated heterocycles. The lowest BCUT2D eigenvalue weighted by Crippen LogP contribution is -2.17. The van der Waals surface area contributed by atoms with Crippen molar-refractivity contribution >= 4 is 0 Å². The molecule has 0 saturated carbocycles. The highest BCUT2D eigenvalue weighted by molar-refractivity contribution is 5.43. The maximum Gasteiger partial charge on any atom is -0.0126 e. The van der Waals surface area contributed by atoms with Gasteiger partial charge in [-0.3, -0.25) is 0 Å². The summed E-state index contributed by atoms with van der Waals surface area (Å²) in [5.74, 6) is 0.609. The summed E-state index contributed by atoms with van der Waals surface area (Å²) in [6.07, 6.45) is 0. The van der Waals surface area contributed by atoms with Gasteiger partial charge in [-0.15, -0.1) is 0 Å². The van der Waals surface area contributed by atoms with Crippen molar-refractivity contribution < 1.29 is 0 Å². The molecule has 0 heterocycles. The molecule has 0 radical (unpaired) electrons. The summed E-state index contributed by atoms with van der Waals surface area (Å²) in [4.78, 5) is 0. The van der Waals surface area contributed by atoms with Crippen molar-refractivity contribution in [1.82, 2.24) is 0 Å². The van der Waals surface area contributed by atoms with Crippen molar-refractivity contribution in [3.8, 4) is 0 Å². The number of benzene rings is 1. The predicted octanol–water partition coefficient (Wildman–Crippen LogP) is 6.00. The van der Waals surface area contributed by atoms with Crippen LogP contribution in [0.25, 0.3) is 0 Å². The van der Waals surface area contributed by atoms with Crippen LogP contribution in [0.1, 0.15) is 77.6 Å². The first-order valence-corrected chi connectivity index (χ1v) is 5.85. The smallest absolute Gasteiger partial charge is 0.0126 e. The molecular weight excluding hydrogens is 204 g/mol. The van der Waals surface area contributed by atoms with E-state index in [1.807, 2.05) is 0 Å². The van der Waals surface area contributed by atoms with E-state index in [1.165, 1.54) is 22.3 Å². The van der Waals surface area contributed by atoms with E-state index in [9.17, 15) is 0 Å². The third kappa shape index (κ3) is 4.18. The predicted molar refractivity (Wildman–Crippen MR) is 82.2 cm³/mol. The Balaban J connectivity index is 0. The molecule has 0 fully saturated rings. The molecule has 0 amide bonds. The number of aryl methyl sites for hydroxylation is 2. The zero-order valence-corrected chi connectivity index (χ0v) is 11.2. The normalized spacial score (nSPS) is 10.8. The van der Waals surface area contributed by atoms with Gasteiger partial charge in [-0.25, -0.2) is 0 Å². The molecule has 0 aliphatic rings. The standard InChI is InChI=1S/C15H24.2CH4/c1-10(2)13-9-11(3)8-12(4)14(13)15(5,6)7;;/h8-10H,1-7H3;2*1H4. The Morgan fingerprint density at radius 3 is 1.76 bits per heavy atom. The van der Waals surface area contributed by atoms with Gasteiger partial charge < -0.3 is 0 Å². The molecule has 0 aromatic heterocycles. The SMILES string of the molecule is C.C.Cc1cc(C)c(C(C)(C)C)c(C(C)C)c1. The van der Waals surface area contributed by atoms with Crippen LogP contribution in [0, 0.1) is 13.8 Å². The second kappa shape index (κ2) is 6.23. The van der Waals surface area contributed by atoms with E-state index in [0.717, 1.165) is 0 Å². The average molecular weight is 236 g/mol. The summed E-state index contributed by atoms with van der Waals surface area (Å²) in [5, 5.41) is 0. The second-order valence-corrected chi connectivity index (χ2v) is 5.95. The fourth-order valence-corrected chi connectivity index (χ4v) is 2.48. The van der Waals surface area contributed by atoms with Gasteiger partial charge in [-0.05, 0) is 41.9 Å². The number of hydrogen-bond donors (Lipinski definition) is 0. The Labute approximate surface area is 109 Å². The first-order valence-electron chi connectivity index (χ1n) is 5.85. The first kappa shape index (κ1) is 18.6. The minimum Gasteiger partial charge on any atom is -0.0776 e. The van der Waals surface area contributed by atoms with Crippen molar-refractivity contribution in [2.24, 2.45) is 0 Å². The van der Waals surface area contributed by atoms with Gasteiger partial charge >= 0.3 is 0 Å². The summed E-state index contributed by atoms with van der Waals surface area (Å²) in [7, 11) is 0. The molecule has 0 aliphatic carbocycles. The summed E-state index contributed by atoms with van der Waals surface area (Å²) in [6.45, 7) is 15.9. The molecule has 0 aliphatic heterocycles. The molecule has 0 nitrogen and oxygen atoms in total. The van der Waals surface area contributed by atoms with Gasteiger partial charge in [-0.1, -0.05) is 67.2 Å². The summed E-state index contributed by atoms with van der Waals surface area (Å²) >= 11 is 0. The van der Waals surface area contributed by atoms with Crippen molar-refractivity contribution in [2.45, 2.75) is 74.7 Å². The first-order chi connectivity index (χ1) is 6.73. The van der Waals surface area contributed by atoms with Crippen LogP contribution in [0.5, 0.6) is 0 Å². The van der Waals surface area contributed by atoms with E-state index >= 15 is 0 Å². The van der Waals surface area contributed by atoms with Crippen LogP contribution in [0.2, 0.25) is 0 Å². The molecule has 0 atom stereocenters. The van der Waals surface area contributed by atoms with Gasteiger partial charge in [-0.2, -0.15) is 0 Å². The summed E-state index contributed by atoms with van der Waals surface area (Å²) in [6, 6.07) is 4.64. The summed E-state index contributed by atoms with van der Waals surface area (Å²) in [5.41, 5.74) is 6.11. The van der Waals surface area contributed by atoms with E-state index in [0.29, 0.717) is 5.92 Å². The molecular formula is C17H32. The molecule has 0 heteroatoms. The van der Waals surface area contributed by atoms with Crippen LogP contribution in [0.15, 0.2) is 12.1 Å². The molecule has 17 heavy (non-hydrogen) atoms. The van der Waals surface area contributed by atoms with E-state index in [-0.39, 0.29) is 20.3 Å². The van der Waals surface area contributed by atoms with Gasteiger partial charge in [0.2, 0.25) is 0 Å². The van der Waals surface area contributed by atoms with E-state index < -0.39 is 0 Å². The van der Waals surface area contributed by atoms with E-state index in [4.69, 9.17) is 0 Å². The highest BCUT2D eigenvalue weighted by Crippen LogP contribution is 2.33. The van der Waals surface area contributed by atoms with Crippen LogP contribution < -0.4 is 0 Å². The van der Waals surface area contributed by atoms with Crippen molar-refractivity contribution in [3.63, 3.8) is 0 Å². The molecule has 100 valence electrons. The van der Waals surface area contributed by atoms with Gasteiger partial charge in [0.05, 0.1) is 0 Å². The van der Waals surface area contributed by atoms with Crippen LogP contribution in [0.3, 0.4) is 0 Å². The fraction of sp³-hybridized carbons (Fsp3) is 0.647. The molecule has 0 N–H and O–H groups in total. The fourth-order valence-electron chi connectivity index (χ4n) is 2.48. The number of rotatable bonds is 1. The Bertz CT molecular complexity index is 351. The van der Waals surface area contributed by atoms with Gasteiger partial charge in [0, 0.05) is 0 Å². The van der Waals surface area contributed by atoms with Crippen LogP contribution in [0.4, 0.5) is 0 Å². The monoisotopic (exact) mass is 236 g/mol. The largest absolute Gasteiger partial charge is 0.0776 e. The van der Waals surface area contributed by atoms with Crippen LogP contribution >= 0.6 is 0 Å². The van der Waals surface area contributed by atoms with Crippen LogP contribution in [-0.4, -0.2) is 0 Å². The van der Waals surface area contributed by atoms with E-state index in [2.05, 4.69) is 60.6 Å². The van der Waals surface area contributed by atoms with Crippen molar-refractivity contribution in [1.29, 1.82) is 0 Å². The zero-order chi connectivity index (χ0) is 11.8. The highest BCUT2D eigenvalue weighted by Gasteiger charge is 2.21. The van der Waals surface area contributed by atoms with Gasteiger partial charge in [0.15, 0.2) is 0 Å². The Hall–Kier alpha value is -0.780. The Morgan fingerprint density at radius 2 is 1.41 bits per heavy atom.